The Kier molecular flexibility index (Phi) is 3.85. The van der Waals surface area contributed by atoms with E-state index in [1.54, 1.807) is 19.2 Å². The quantitative estimate of drug-likeness (QED) is 0.900. The van der Waals surface area contributed by atoms with Crippen molar-refractivity contribution in [2.75, 3.05) is 20.2 Å². The van der Waals surface area contributed by atoms with Crippen LogP contribution in [0.4, 0.5) is 0 Å². The molecule has 6 heteroatoms. The summed E-state index contributed by atoms with van der Waals surface area (Å²) >= 11 is 0. The Hall–Kier alpha value is -1.11. The molecule has 1 fully saturated rings. The average Bonchev–Trinajstić information content (AvgIpc) is 2.76. The molecule has 1 aliphatic rings. The van der Waals surface area contributed by atoms with Gasteiger partial charge in [-0.15, -0.1) is 0 Å². The highest BCUT2D eigenvalue weighted by Crippen LogP contribution is 2.29. The summed E-state index contributed by atoms with van der Waals surface area (Å²) in [4.78, 5) is 0.317. The molecule has 1 heterocycles. The lowest BCUT2D eigenvalue weighted by Crippen LogP contribution is -2.32. The Morgan fingerprint density at radius 3 is 2.32 bits per heavy atom. The molecule has 0 aromatic heterocycles. The highest BCUT2D eigenvalue weighted by atomic mass is 32.2. The van der Waals surface area contributed by atoms with Gasteiger partial charge >= 0.3 is 0 Å². The Bertz CT molecular complexity index is 561. The van der Waals surface area contributed by atoms with Crippen LogP contribution in [0.15, 0.2) is 17.0 Å². The molecule has 0 unspecified atom stereocenters. The van der Waals surface area contributed by atoms with E-state index in [1.807, 2.05) is 13.8 Å². The Morgan fingerprint density at radius 1 is 1.32 bits per heavy atom. The predicted molar refractivity (Wildman–Crippen MR) is 73.8 cm³/mol. The van der Waals surface area contributed by atoms with Crippen LogP contribution in [0.3, 0.4) is 0 Å². The smallest absolute Gasteiger partial charge is 0.243 e. The van der Waals surface area contributed by atoms with Crippen LogP contribution in [0.5, 0.6) is 5.75 Å². The maximum Gasteiger partial charge on any atom is 0.243 e. The van der Waals surface area contributed by atoms with Crippen molar-refractivity contribution in [2.45, 2.75) is 31.2 Å². The normalized spacial score (nSPS) is 20.7. The summed E-state index contributed by atoms with van der Waals surface area (Å²) in [5.41, 5.74) is 7.43. The lowest BCUT2D eigenvalue weighted by Gasteiger charge is -2.18. The second kappa shape index (κ2) is 5.11. The number of ether oxygens (including phenoxy) is 1. The number of nitrogens with zero attached hydrogens (tertiary/aromatic N) is 1. The lowest BCUT2D eigenvalue weighted by molar-refractivity contribution is 0.408. The minimum absolute atomic E-state index is 0.0600. The van der Waals surface area contributed by atoms with Crippen molar-refractivity contribution >= 4 is 10.0 Å². The summed E-state index contributed by atoms with van der Waals surface area (Å²) in [6.45, 7) is 4.58. The minimum Gasteiger partial charge on any atom is -0.496 e. The van der Waals surface area contributed by atoms with Crippen LogP contribution in [0.2, 0.25) is 0 Å². The van der Waals surface area contributed by atoms with Gasteiger partial charge in [0.2, 0.25) is 10.0 Å². The third-order valence-corrected chi connectivity index (χ3v) is 5.31. The number of aryl methyl sites for hydroxylation is 2. The van der Waals surface area contributed by atoms with E-state index in [4.69, 9.17) is 10.5 Å². The standard InChI is InChI=1S/C13H20N2O3S/c1-9-6-12(7-10(2)13(9)18-3)19(16,17)15-5-4-11(14)8-15/h6-7,11H,4-5,8,14H2,1-3H3/t11-/m1/s1. The molecule has 0 amide bonds. The molecule has 0 bridgehead atoms. The van der Waals surface area contributed by atoms with Gasteiger partial charge in [0.1, 0.15) is 5.75 Å². The van der Waals surface area contributed by atoms with Crippen LogP contribution < -0.4 is 10.5 Å². The Balaban J connectivity index is 2.41. The van der Waals surface area contributed by atoms with Crippen molar-refractivity contribution in [1.82, 2.24) is 4.31 Å². The van der Waals surface area contributed by atoms with Crippen LogP contribution in [-0.4, -0.2) is 39.0 Å². The van der Waals surface area contributed by atoms with E-state index in [9.17, 15) is 8.42 Å². The number of nitrogens with two attached hydrogens (primary N) is 1. The van der Waals surface area contributed by atoms with Gasteiger partial charge in [-0.05, 0) is 43.5 Å². The number of hydrogen-bond acceptors (Lipinski definition) is 4. The number of rotatable bonds is 3. The highest BCUT2D eigenvalue weighted by molar-refractivity contribution is 7.89. The number of methoxy groups -OCH3 is 1. The van der Waals surface area contributed by atoms with Gasteiger partial charge in [0.15, 0.2) is 0 Å². The third kappa shape index (κ3) is 2.61. The summed E-state index contributed by atoms with van der Waals surface area (Å²) in [6.07, 6.45) is 0.716. The molecule has 2 rings (SSSR count). The molecule has 0 spiro atoms. The van der Waals surface area contributed by atoms with Gasteiger partial charge in [-0.3, -0.25) is 0 Å². The van der Waals surface area contributed by atoms with Gasteiger partial charge in [0.25, 0.3) is 0 Å². The van der Waals surface area contributed by atoms with Crippen LogP contribution in [-0.2, 0) is 10.0 Å². The second-order valence-electron chi connectivity index (χ2n) is 5.00. The van der Waals surface area contributed by atoms with Gasteiger partial charge in [0.05, 0.1) is 12.0 Å². The van der Waals surface area contributed by atoms with Crippen LogP contribution in [0, 0.1) is 13.8 Å². The molecule has 0 saturated carbocycles. The van der Waals surface area contributed by atoms with E-state index in [2.05, 4.69) is 0 Å². The maximum atomic E-state index is 12.5. The van der Waals surface area contributed by atoms with Crippen LogP contribution in [0.25, 0.3) is 0 Å². The van der Waals surface area contributed by atoms with Crippen molar-refractivity contribution < 1.29 is 13.2 Å². The van der Waals surface area contributed by atoms with E-state index in [-0.39, 0.29) is 6.04 Å². The minimum atomic E-state index is -3.44. The largest absolute Gasteiger partial charge is 0.496 e. The van der Waals surface area contributed by atoms with E-state index in [0.717, 1.165) is 16.9 Å². The first-order chi connectivity index (χ1) is 8.86. The second-order valence-corrected chi connectivity index (χ2v) is 6.94. The summed E-state index contributed by atoms with van der Waals surface area (Å²) in [6, 6.07) is 3.26. The first kappa shape index (κ1) is 14.3. The molecular weight excluding hydrogens is 264 g/mol. The molecular formula is C13H20N2O3S. The molecule has 1 saturated heterocycles. The zero-order chi connectivity index (χ0) is 14.2. The summed E-state index contributed by atoms with van der Waals surface area (Å²) in [5.74, 6) is 0.733. The van der Waals surface area contributed by atoms with Crippen molar-refractivity contribution in [3.63, 3.8) is 0 Å². The van der Waals surface area contributed by atoms with Gasteiger partial charge in [-0.2, -0.15) is 4.31 Å². The molecule has 106 valence electrons. The number of benzene rings is 1. The summed E-state index contributed by atoms with van der Waals surface area (Å²) < 4.78 is 31.7. The molecule has 1 aromatic carbocycles. The summed E-state index contributed by atoms with van der Waals surface area (Å²) in [7, 11) is -1.86. The Morgan fingerprint density at radius 2 is 1.89 bits per heavy atom. The molecule has 1 aromatic rings. The molecule has 1 aliphatic heterocycles. The zero-order valence-electron chi connectivity index (χ0n) is 11.5. The van der Waals surface area contributed by atoms with Gasteiger partial charge in [0, 0.05) is 19.1 Å². The molecule has 19 heavy (non-hydrogen) atoms. The number of hydrogen-bond donors (Lipinski definition) is 1. The fourth-order valence-corrected chi connectivity index (χ4v) is 4.19. The molecule has 0 radical (unpaired) electrons. The van der Waals surface area contributed by atoms with Gasteiger partial charge < -0.3 is 10.5 Å². The average molecular weight is 284 g/mol. The highest BCUT2D eigenvalue weighted by Gasteiger charge is 2.31. The molecule has 1 atom stereocenters. The van der Waals surface area contributed by atoms with Gasteiger partial charge in [-0.25, -0.2) is 8.42 Å². The summed E-state index contributed by atoms with van der Waals surface area (Å²) in [5, 5.41) is 0. The van der Waals surface area contributed by atoms with E-state index < -0.39 is 10.0 Å². The maximum absolute atomic E-state index is 12.5. The first-order valence-corrected chi connectivity index (χ1v) is 7.71. The SMILES string of the molecule is COc1c(C)cc(S(=O)(=O)N2CC[C@@H](N)C2)cc1C. The van der Waals surface area contributed by atoms with E-state index >= 15 is 0 Å². The third-order valence-electron chi connectivity index (χ3n) is 3.46. The topological polar surface area (TPSA) is 72.6 Å². The molecule has 0 aliphatic carbocycles. The van der Waals surface area contributed by atoms with E-state index in [1.165, 1.54) is 4.31 Å². The van der Waals surface area contributed by atoms with Crippen molar-refractivity contribution in [2.24, 2.45) is 5.73 Å². The van der Waals surface area contributed by atoms with Crippen molar-refractivity contribution in [1.29, 1.82) is 0 Å². The fourth-order valence-electron chi connectivity index (χ4n) is 2.50. The first-order valence-electron chi connectivity index (χ1n) is 6.27. The molecule has 5 nitrogen and oxygen atoms in total. The Labute approximate surface area is 114 Å². The zero-order valence-corrected chi connectivity index (χ0v) is 12.3. The predicted octanol–water partition coefficient (Wildman–Crippen LogP) is 1.03. The van der Waals surface area contributed by atoms with Crippen molar-refractivity contribution in [3.05, 3.63) is 23.3 Å². The monoisotopic (exact) mass is 284 g/mol. The van der Waals surface area contributed by atoms with E-state index in [0.29, 0.717) is 24.4 Å². The number of sulfonamides is 1. The lowest BCUT2D eigenvalue weighted by atomic mass is 10.1. The van der Waals surface area contributed by atoms with Gasteiger partial charge in [-0.1, -0.05) is 0 Å². The molecule has 2 N–H and O–H groups in total. The van der Waals surface area contributed by atoms with Crippen molar-refractivity contribution in [3.8, 4) is 5.75 Å². The van der Waals surface area contributed by atoms with Crippen LogP contribution in [0.1, 0.15) is 17.5 Å². The fraction of sp³-hybridized carbons (Fsp3) is 0.538. The van der Waals surface area contributed by atoms with Crippen LogP contribution >= 0.6 is 0 Å².